The van der Waals surface area contributed by atoms with E-state index in [0.29, 0.717) is 0 Å². The lowest BCUT2D eigenvalue weighted by Crippen LogP contribution is -2.28. The number of amides is 1. The van der Waals surface area contributed by atoms with E-state index in [-0.39, 0.29) is 24.1 Å². The van der Waals surface area contributed by atoms with E-state index >= 15 is 0 Å². The molecule has 1 atom stereocenters. The van der Waals surface area contributed by atoms with Crippen LogP contribution >= 0.6 is 0 Å². The fraction of sp³-hybridized carbons (Fsp3) is 0.588. The van der Waals surface area contributed by atoms with Crippen LogP contribution in [0.4, 0.5) is 23.7 Å². The predicted molar refractivity (Wildman–Crippen MR) is 87.8 cm³/mol. The van der Waals surface area contributed by atoms with Gasteiger partial charge in [-0.15, -0.1) is 0 Å². The molecule has 1 aromatic carbocycles. The van der Waals surface area contributed by atoms with Crippen LogP contribution in [-0.2, 0) is 10.9 Å². The highest BCUT2D eigenvalue weighted by atomic mass is 19.4. The number of hydrogen-bond acceptors (Lipinski definition) is 4. The van der Waals surface area contributed by atoms with Gasteiger partial charge in [0, 0.05) is 17.8 Å². The van der Waals surface area contributed by atoms with Crippen LogP contribution in [0.2, 0.25) is 0 Å². The average molecular weight is 360 g/mol. The molecule has 0 saturated carbocycles. The number of carbonyl (C=O) groups is 1. The van der Waals surface area contributed by atoms with Gasteiger partial charge in [0.2, 0.25) is 0 Å². The third-order valence-electron chi connectivity index (χ3n) is 3.49. The Hall–Kier alpha value is -1.96. The fourth-order valence-corrected chi connectivity index (χ4v) is 2.44. The second-order valence-electron chi connectivity index (χ2n) is 6.97. The molecule has 1 unspecified atom stereocenters. The van der Waals surface area contributed by atoms with Gasteiger partial charge in [0.15, 0.2) is 0 Å². The molecule has 1 fully saturated rings. The third kappa shape index (κ3) is 6.45. The van der Waals surface area contributed by atoms with Gasteiger partial charge in [-0.3, -0.25) is 5.32 Å². The monoisotopic (exact) mass is 360 g/mol. The van der Waals surface area contributed by atoms with Crippen molar-refractivity contribution in [3.63, 3.8) is 0 Å². The van der Waals surface area contributed by atoms with Gasteiger partial charge < -0.3 is 14.8 Å². The SMILES string of the molecule is CC(C)(C)OC(=O)Nc1cc(OCC2CCCN2)cc(C(F)(F)F)c1. The van der Waals surface area contributed by atoms with Crippen molar-refractivity contribution >= 4 is 11.8 Å². The lowest BCUT2D eigenvalue weighted by Gasteiger charge is -2.20. The number of nitrogens with one attached hydrogen (secondary N) is 2. The first kappa shape index (κ1) is 19.4. The summed E-state index contributed by atoms with van der Waals surface area (Å²) in [7, 11) is 0. The largest absolute Gasteiger partial charge is 0.492 e. The maximum absolute atomic E-state index is 13.1. The average Bonchev–Trinajstić information content (AvgIpc) is 2.95. The molecule has 1 amide bonds. The Morgan fingerprint density at radius 3 is 2.56 bits per heavy atom. The molecule has 0 radical (unpaired) electrons. The van der Waals surface area contributed by atoms with Crippen molar-refractivity contribution in [2.75, 3.05) is 18.5 Å². The lowest BCUT2D eigenvalue weighted by molar-refractivity contribution is -0.137. The number of ether oxygens (including phenoxy) is 2. The van der Waals surface area contributed by atoms with Crippen LogP contribution in [0.5, 0.6) is 5.75 Å². The highest BCUT2D eigenvalue weighted by Gasteiger charge is 2.32. The maximum Gasteiger partial charge on any atom is 0.416 e. The normalized spacial score (nSPS) is 18.1. The Labute approximate surface area is 144 Å². The third-order valence-corrected chi connectivity index (χ3v) is 3.49. The molecule has 5 nitrogen and oxygen atoms in total. The van der Waals surface area contributed by atoms with Crippen molar-refractivity contribution in [2.45, 2.75) is 51.4 Å². The molecule has 8 heteroatoms. The highest BCUT2D eigenvalue weighted by molar-refractivity contribution is 5.85. The number of alkyl halides is 3. The quantitative estimate of drug-likeness (QED) is 0.846. The van der Waals surface area contributed by atoms with Crippen LogP contribution in [-0.4, -0.2) is 30.9 Å². The molecule has 25 heavy (non-hydrogen) atoms. The second-order valence-corrected chi connectivity index (χ2v) is 6.97. The Morgan fingerprint density at radius 2 is 2.00 bits per heavy atom. The minimum Gasteiger partial charge on any atom is -0.492 e. The number of anilines is 1. The van der Waals surface area contributed by atoms with E-state index in [1.54, 1.807) is 20.8 Å². The zero-order valence-electron chi connectivity index (χ0n) is 14.5. The lowest BCUT2D eigenvalue weighted by atomic mass is 10.1. The first-order valence-corrected chi connectivity index (χ1v) is 8.11. The number of benzene rings is 1. The van der Waals surface area contributed by atoms with Gasteiger partial charge in [0.1, 0.15) is 18.0 Å². The van der Waals surface area contributed by atoms with Crippen molar-refractivity contribution in [3.05, 3.63) is 23.8 Å². The molecule has 1 saturated heterocycles. The highest BCUT2D eigenvalue weighted by Crippen LogP contribution is 2.34. The van der Waals surface area contributed by atoms with Gasteiger partial charge in [-0.05, 0) is 52.3 Å². The molecule has 0 bridgehead atoms. The molecular weight excluding hydrogens is 337 g/mol. The molecule has 2 rings (SSSR count). The van der Waals surface area contributed by atoms with E-state index in [9.17, 15) is 18.0 Å². The summed E-state index contributed by atoms with van der Waals surface area (Å²) in [5.74, 6) is 0.0505. The Kier molecular flexibility index (Phi) is 5.82. The van der Waals surface area contributed by atoms with Gasteiger partial charge in [-0.2, -0.15) is 13.2 Å². The van der Waals surface area contributed by atoms with E-state index in [1.165, 1.54) is 6.07 Å². The summed E-state index contributed by atoms with van der Waals surface area (Å²) in [4.78, 5) is 11.8. The van der Waals surface area contributed by atoms with Crippen LogP contribution in [0.1, 0.15) is 39.2 Å². The molecular formula is C17H23F3N2O3. The molecule has 1 aromatic rings. The minimum atomic E-state index is -4.55. The van der Waals surface area contributed by atoms with Crippen molar-refractivity contribution in [2.24, 2.45) is 0 Å². The smallest absolute Gasteiger partial charge is 0.416 e. The number of rotatable bonds is 4. The fourth-order valence-electron chi connectivity index (χ4n) is 2.44. The minimum absolute atomic E-state index is 0.0292. The van der Waals surface area contributed by atoms with Gasteiger partial charge in [0.25, 0.3) is 0 Å². The van der Waals surface area contributed by atoms with E-state index in [2.05, 4.69) is 10.6 Å². The molecule has 1 heterocycles. The number of carbonyl (C=O) groups excluding carboxylic acids is 1. The molecule has 0 spiro atoms. The Balaban J connectivity index is 2.13. The van der Waals surface area contributed by atoms with Crippen molar-refractivity contribution in [1.82, 2.24) is 5.32 Å². The summed E-state index contributed by atoms with van der Waals surface area (Å²) in [6.45, 7) is 6.15. The second kappa shape index (κ2) is 7.51. The summed E-state index contributed by atoms with van der Waals surface area (Å²) in [5, 5.41) is 5.53. The van der Waals surface area contributed by atoms with E-state index in [1.807, 2.05) is 0 Å². The van der Waals surface area contributed by atoms with E-state index < -0.39 is 23.4 Å². The van der Waals surface area contributed by atoms with Crippen molar-refractivity contribution in [1.29, 1.82) is 0 Å². The Morgan fingerprint density at radius 1 is 1.28 bits per heavy atom. The van der Waals surface area contributed by atoms with Gasteiger partial charge in [-0.1, -0.05) is 0 Å². The van der Waals surface area contributed by atoms with Crippen LogP contribution < -0.4 is 15.4 Å². The number of halogens is 3. The maximum atomic E-state index is 13.1. The summed E-state index contributed by atoms with van der Waals surface area (Å²) in [6, 6.07) is 3.25. The van der Waals surface area contributed by atoms with E-state index in [4.69, 9.17) is 9.47 Å². The van der Waals surface area contributed by atoms with Crippen LogP contribution in [0.25, 0.3) is 0 Å². The zero-order chi connectivity index (χ0) is 18.7. The Bertz CT molecular complexity index is 606. The molecule has 1 aliphatic rings. The topological polar surface area (TPSA) is 59.6 Å². The zero-order valence-corrected chi connectivity index (χ0v) is 14.5. The summed E-state index contributed by atoms with van der Waals surface area (Å²) >= 11 is 0. The molecule has 0 aromatic heterocycles. The first-order chi connectivity index (χ1) is 11.5. The molecule has 140 valence electrons. The predicted octanol–water partition coefficient (Wildman–Crippen LogP) is 4.18. The van der Waals surface area contributed by atoms with Gasteiger partial charge in [0.05, 0.1) is 5.56 Å². The summed E-state index contributed by atoms with van der Waals surface area (Å²) < 4.78 is 49.8. The molecule has 0 aliphatic carbocycles. The standard InChI is InChI=1S/C17H23F3N2O3/c1-16(2,3)25-15(23)22-13-7-11(17(18,19)20)8-14(9-13)24-10-12-5-4-6-21-12/h7-9,12,21H,4-6,10H2,1-3H3,(H,22,23). The summed E-state index contributed by atoms with van der Waals surface area (Å²) in [5.41, 5.74) is -1.67. The molecule has 1 aliphatic heterocycles. The number of hydrogen-bond donors (Lipinski definition) is 2. The van der Waals surface area contributed by atoms with Gasteiger partial charge in [-0.25, -0.2) is 4.79 Å². The van der Waals surface area contributed by atoms with Crippen molar-refractivity contribution < 1.29 is 27.4 Å². The van der Waals surface area contributed by atoms with Crippen molar-refractivity contribution in [3.8, 4) is 5.75 Å². The van der Waals surface area contributed by atoms with Crippen LogP contribution in [0, 0.1) is 0 Å². The summed E-state index contributed by atoms with van der Waals surface area (Å²) in [6.07, 6.45) is -3.44. The van der Waals surface area contributed by atoms with Gasteiger partial charge >= 0.3 is 12.3 Å². The van der Waals surface area contributed by atoms with E-state index in [0.717, 1.165) is 31.5 Å². The molecule has 2 N–H and O–H groups in total. The first-order valence-electron chi connectivity index (χ1n) is 8.11. The van der Waals surface area contributed by atoms with Crippen LogP contribution in [0.3, 0.4) is 0 Å². The van der Waals surface area contributed by atoms with Crippen LogP contribution in [0.15, 0.2) is 18.2 Å².